The van der Waals surface area contributed by atoms with Crippen molar-refractivity contribution in [1.82, 2.24) is 0 Å². The molecule has 0 saturated heterocycles. The molecule has 22 heavy (non-hydrogen) atoms. The van der Waals surface area contributed by atoms with Gasteiger partial charge in [0.1, 0.15) is 0 Å². The van der Waals surface area contributed by atoms with E-state index in [1.165, 1.54) is 36.8 Å². The standard InChI is InChI=1S/C16H27O2PS2.Zn/c1-3-5-7-10-14-11-9-13-16(21-19(17,18)20)15(14)12-8-6-4-2;/h9,11,13H,3-8,10,12H2,1-2H3,(H2,17,18,20);/q;+2/p-2. The summed E-state index contributed by atoms with van der Waals surface area (Å²) in [5, 5.41) is 0. The van der Waals surface area contributed by atoms with Gasteiger partial charge in [-0.1, -0.05) is 51.7 Å². The van der Waals surface area contributed by atoms with Crippen LogP contribution in [-0.4, -0.2) is 0 Å². The van der Waals surface area contributed by atoms with E-state index in [1.54, 1.807) is 0 Å². The molecule has 0 aliphatic heterocycles. The SMILES string of the molecule is CCCCCc1cccc(SP([O-])([O-])=S)c1CCCCC.[Zn+2]. The van der Waals surface area contributed by atoms with Gasteiger partial charge in [0.2, 0.25) is 0 Å². The number of benzene rings is 1. The Kier molecular flexibility index (Phi) is 12.6. The predicted octanol–water partition coefficient (Wildman–Crippen LogP) is 4.19. The molecule has 1 aromatic carbocycles. The van der Waals surface area contributed by atoms with E-state index in [9.17, 15) is 9.79 Å². The second-order valence-corrected chi connectivity index (χ2v) is 11.0. The van der Waals surface area contributed by atoms with Crippen LogP contribution in [0.2, 0.25) is 0 Å². The summed E-state index contributed by atoms with van der Waals surface area (Å²) >= 11 is 5.43. The first-order chi connectivity index (χ1) is 9.98. The van der Waals surface area contributed by atoms with E-state index in [1.807, 2.05) is 12.1 Å². The summed E-state index contributed by atoms with van der Waals surface area (Å²) in [5.41, 5.74) is -1.25. The molecule has 0 heterocycles. The predicted molar refractivity (Wildman–Crippen MR) is 93.0 cm³/mol. The van der Waals surface area contributed by atoms with Crippen molar-refractivity contribution in [3.8, 4) is 0 Å². The van der Waals surface area contributed by atoms with Crippen LogP contribution >= 0.6 is 17.1 Å². The zero-order valence-corrected chi connectivity index (χ0v) is 19.2. The fourth-order valence-electron chi connectivity index (χ4n) is 2.45. The summed E-state index contributed by atoms with van der Waals surface area (Å²) in [6.45, 7) is 4.37. The molecule has 1 aromatic rings. The summed E-state index contributed by atoms with van der Waals surface area (Å²) in [5.74, 6) is 0. The van der Waals surface area contributed by atoms with Gasteiger partial charge in [-0.2, -0.15) is 5.69 Å². The van der Waals surface area contributed by atoms with Crippen LogP contribution in [0, 0.1) is 0 Å². The summed E-state index contributed by atoms with van der Waals surface area (Å²) in [7, 11) is 0. The second-order valence-electron chi connectivity index (χ2n) is 5.35. The molecule has 0 saturated carbocycles. The molecule has 120 valence electrons. The Labute approximate surface area is 157 Å². The van der Waals surface area contributed by atoms with Crippen molar-refractivity contribution in [3.05, 3.63) is 29.3 Å². The van der Waals surface area contributed by atoms with Gasteiger partial charge in [0.15, 0.2) is 0 Å². The Balaban J connectivity index is 0.00000441. The van der Waals surface area contributed by atoms with Crippen molar-refractivity contribution < 1.29 is 29.3 Å². The van der Waals surface area contributed by atoms with Crippen LogP contribution in [0.5, 0.6) is 0 Å². The third-order valence-corrected chi connectivity index (χ3v) is 6.25. The third kappa shape index (κ3) is 9.15. The molecule has 0 bridgehead atoms. The van der Waals surface area contributed by atoms with Gasteiger partial charge >= 0.3 is 19.5 Å². The molecular weight excluding hydrogens is 385 g/mol. The summed E-state index contributed by atoms with van der Waals surface area (Å²) in [6, 6.07) is 5.99. The zero-order chi connectivity index (χ0) is 15.7. The molecule has 0 aliphatic rings. The normalized spacial score (nSPS) is 11.3. The fraction of sp³-hybridized carbons (Fsp3) is 0.625. The van der Waals surface area contributed by atoms with Crippen LogP contribution in [-0.2, 0) is 44.1 Å². The fourth-order valence-corrected chi connectivity index (χ4v) is 5.13. The van der Waals surface area contributed by atoms with Gasteiger partial charge in [0.05, 0.1) is 0 Å². The number of hydrogen-bond acceptors (Lipinski definition) is 4. The van der Waals surface area contributed by atoms with Crippen molar-refractivity contribution in [2.24, 2.45) is 0 Å². The molecule has 0 amide bonds. The molecule has 6 heteroatoms. The van der Waals surface area contributed by atoms with Crippen molar-refractivity contribution >= 4 is 28.9 Å². The van der Waals surface area contributed by atoms with Gasteiger partial charge in [-0.3, -0.25) is 0 Å². The van der Waals surface area contributed by atoms with Crippen molar-refractivity contribution in [1.29, 1.82) is 0 Å². The van der Waals surface area contributed by atoms with E-state index in [0.717, 1.165) is 42.0 Å². The Morgan fingerprint density at radius 1 is 1.00 bits per heavy atom. The van der Waals surface area contributed by atoms with E-state index >= 15 is 0 Å². The molecular formula is C16H25O2PS2Zn. The van der Waals surface area contributed by atoms with Gasteiger partial charge in [-0.15, -0.1) is 23.2 Å². The number of unbranched alkanes of at least 4 members (excludes halogenated alkanes) is 4. The quantitative estimate of drug-likeness (QED) is 0.330. The molecule has 0 unspecified atom stereocenters. The Morgan fingerprint density at radius 3 is 2.14 bits per heavy atom. The summed E-state index contributed by atoms with van der Waals surface area (Å²) < 4.78 is 0. The minimum atomic E-state index is -3.76. The Morgan fingerprint density at radius 2 is 1.59 bits per heavy atom. The monoisotopic (exact) mass is 408 g/mol. The molecule has 0 aromatic heterocycles. The van der Waals surface area contributed by atoms with Gasteiger partial charge in [0, 0.05) is 4.90 Å². The first-order valence-corrected chi connectivity index (χ1v) is 11.9. The van der Waals surface area contributed by atoms with Gasteiger partial charge in [-0.05, 0) is 42.9 Å². The van der Waals surface area contributed by atoms with Crippen LogP contribution in [0.1, 0.15) is 63.5 Å². The minimum absolute atomic E-state index is 0. The van der Waals surface area contributed by atoms with Gasteiger partial charge < -0.3 is 9.79 Å². The third-order valence-electron chi connectivity index (χ3n) is 3.52. The number of hydrogen-bond donors (Lipinski definition) is 0. The van der Waals surface area contributed by atoms with E-state index in [4.69, 9.17) is 0 Å². The minimum Gasteiger partial charge on any atom is -0.824 e. The Bertz CT molecular complexity index is 477. The smallest absolute Gasteiger partial charge is 0.824 e. The molecule has 0 atom stereocenters. The van der Waals surface area contributed by atoms with E-state index in [2.05, 4.69) is 31.7 Å². The average Bonchev–Trinajstić information content (AvgIpc) is 2.40. The van der Waals surface area contributed by atoms with Crippen LogP contribution in [0.3, 0.4) is 0 Å². The zero-order valence-electron chi connectivity index (χ0n) is 13.7. The molecule has 1 rings (SSSR count). The topological polar surface area (TPSA) is 46.1 Å². The van der Waals surface area contributed by atoms with E-state index in [-0.39, 0.29) is 19.5 Å². The molecule has 0 N–H and O–H groups in total. The second kappa shape index (κ2) is 12.2. The molecule has 0 aliphatic carbocycles. The van der Waals surface area contributed by atoms with Gasteiger partial charge in [-0.25, -0.2) is 0 Å². The Hall–Kier alpha value is 0.763. The van der Waals surface area contributed by atoms with Crippen LogP contribution in [0.15, 0.2) is 23.1 Å². The summed E-state index contributed by atoms with van der Waals surface area (Å²) in [4.78, 5) is 23.8. The van der Waals surface area contributed by atoms with Crippen LogP contribution in [0.25, 0.3) is 0 Å². The van der Waals surface area contributed by atoms with Crippen molar-refractivity contribution in [3.63, 3.8) is 0 Å². The molecule has 2 nitrogen and oxygen atoms in total. The van der Waals surface area contributed by atoms with Crippen molar-refractivity contribution in [2.75, 3.05) is 0 Å². The molecule has 0 spiro atoms. The van der Waals surface area contributed by atoms with Gasteiger partial charge in [0.25, 0.3) is 0 Å². The maximum atomic E-state index is 11.5. The first kappa shape index (κ1) is 22.8. The van der Waals surface area contributed by atoms with Crippen LogP contribution < -0.4 is 9.79 Å². The number of rotatable bonds is 10. The van der Waals surface area contributed by atoms with E-state index < -0.39 is 5.69 Å². The van der Waals surface area contributed by atoms with Crippen molar-refractivity contribution in [2.45, 2.75) is 70.1 Å². The maximum Gasteiger partial charge on any atom is 2.00 e. The largest absolute Gasteiger partial charge is 2.00 e. The van der Waals surface area contributed by atoms with E-state index in [0.29, 0.717) is 0 Å². The maximum absolute atomic E-state index is 11.5. The number of aryl methyl sites for hydroxylation is 1. The molecule has 0 radical (unpaired) electrons. The van der Waals surface area contributed by atoms with Crippen LogP contribution in [0.4, 0.5) is 0 Å². The molecule has 0 fully saturated rings. The summed E-state index contributed by atoms with van der Waals surface area (Å²) in [6.07, 6.45) is 9.01. The average molecular weight is 410 g/mol. The first-order valence-electron chi connectivity index (χ1n) is 7.80.